The van der Waals surface area contributed by atoms with Gasteiger partial charge in [-0.2, -0.15) is 0 Å². The first-order valence-electron chi connectivity index (χ1n) is 7.99. The van der Waals surface area contributed by atoms with E-state index in [0.717, 1.165) is 36.3 Å². The maximum atomic E-state index is 4.68. The minimum Gasteiger partial charge on any atom is -0.370 e. The van der Waals surface area contributed by atoms with Crippen molar-refractivity contribution >= 4 is 11.6 Å². The molecule has 1 fully saturated rings. The molecular formula is C16H28N4. The Morgan fingerprint density at radius 3 is 2.60 bits per heavy atom. The predicted molar refractivity (Wildman–Crippen MR) is 85.3 cm³/mol. The molecule has 1 aliphatic rings. The van der Waals surface area contributed by atoms with Gasteiger partial charge in [0.1, 0.15) is 17.5 Å². The van der Waals surface area contributed by atoms with Crippen LogP contribution < -0.4 is 10.6 Å². The summed E-state index contributed by atoms with van der Waals surface area (Å²) in [6.07, 6.45) is 4.99. The number of rotatable bonds is 6. The molecule has 0 amide bonds. The first kappa shape index (κ1) is 15.1. The molecule has 0 aliphatic heterocycles. The van der Waals surface area contributed by atoms with E-state index in [2.05, 4.69) is 48.3 Å². The highest BCUT2D eigenvalue weighted by Crippen LogP contribution is 2.28. The van der Waals surface area contributed by atoms with Crippen molar-refractivity contribution in [3.05, 3.63) is 11.9 Å². The molecule has 2 unspecified atom stereocenters. The maximum absolute atomic E-state index is 4.68. The van der Waals surface area contributed by atoms with Gasteiger partial charge < -0.3 is 10.6 Å². The van der Waals surface area contributed by atoms with Crippen LogP contribution in [0.2, 0.25) is 0 Å². The summed E-state index contributed by atoms with van der Waals surface area (Å²) in [6.45, 7) is 9.72. The van der Waals surface area contributed by atoms with Crippen LogP contribution in [-0.2, 0) is 0 Å². The van der Waals surface area contributed by atoms with Crippen LogP contribution in [0.1, 0.15) is 65.1 Å². The van der Waals surface area contributed by atoms with E-state index in [4.69, 9.17) is 0 Å². The Labute approximate surface area is 122 Å². The van der Waals surface area contributed by atoms with Gasteiger partial charge in [-0.15, -0.1) is 0 Å². The Morgan fingerprint density at radius 2 is 2.00 bits per heavy atom. The van der Waals surface area contributed by atoms with E-state index in [1.165, 1.54) is 19.3 Å². The SMILES string of the molecule is CCCNc1cc(NC2CCCC2C)nc(C(C)C)n1. The van der Waals surface area contributed by atoms with Crippen molar-refractivity contribution in [2.75, 3.05) is 17.2 Å². The first-order valence-corrected chi connectivity index (χ1v) is 7.99. The van der Waals surface area contributed by atoms with Crippen LogP contribution in [-0.4, -0.2) is 22.6 Å². The Morgan fingerprint density at radius 1 is 1.25 bits per heavy atom. The molecule has 0 spiro atoms. The Hall–Kier alpha value is -1.32. The third-order valence-corrected chi connectivity index (χ3v) is 4.01. The van der Waals surface area contributed by atoms with Crippen molar-refractivity contribution < 1.29 is 0 Å². The van der Waals surface area contributed by atoms with Gasteiger partial charge in [0.2, 0.25) is 0 Å². The zero-order valence-electron chi connectivity index (χ0n) is 13.2. The van der Waals surface area contributed by atoms with E-state index in [1.807, 2.05) is 6.07 Å². The highest BCUT2D eigenvalue weighted by Gasteiger charge is 2.23. The predicted octanol–water partition coefficient (Wildman–Crippen LogP) is 4.02. The highest BCUT2D eigenvalue weighted by atomic mass is 15.1. The lowest BCUT2D eigenvalue weighted by Crippen LogP contribution is -2.23. The molecule has 20 heavy (non-hydrogen) atoms. The standard InChI is InChI=1S/C16H28N4/c1-5-9-17-14-10-15(20-16(19-14)11(2)3)18-13-8-6-7-12(13)4/h10-13H,5-9H2,1-4H3,(H2,17,18,19,20). The molecule has 0 bridgehead atoms. The van der Waals surface area contributed by atoms with Crippen LogP contribution in [0.4, 0.5) is 11.6 Å². The lowest BCUT2D eigenvalue weighted by molar-refractivity contribution is 0.554. The minimum absolute atomic E-state index is 0.347. The third-order valence-electron chi connectivity index (χ3n) is 4.01. The summed E-state index contributed by atoms with van der Waals surface area (Å²) in [5.41, 5.74) is 0. The van der Waals surface area contributed by atoms with Gasteiger partial charge in [-0.25, -0.2) is 9.97 Å². The van der Waals surface area contributed by atoms with Crippen molar-refractivity contribution in [1.82, 2.24) is 9.97 Å². The van der Waals surface area contributed by atoms with Gasteiger partial charge in [0.15, 0.2) is 0 Å². The van der Waals surface area contributed by atoms with E-state index in [-0.39, 0.29) is 0 Å². The maximum Gasteiger partial charge on any atom is 0.135 e. The Bertz CT molecular complexity index is 430. The molecule has 1 aromatic rings. The molecule has 2 N–H and O–H groups in total. The zero-order valence-corrected chi connectivity index (χ0v) is 13.2. The number of nitrogens with one attached hydrogen (secondary N) is 2. The Balaban J connectivity index is 2.15. The van der Waals surface area contributed by atoms with E-state index in [9.17, 15) is 0 Å². The average molecular weight is 276 g/mol. The van der Waals surface area contributed by atoms with Gasteiger partial charge >= 0.3 is 0 Å². The second-order valence-electron chi connectivity index (χ2n) is 6.24. The quantitative estimate of drug-likeness (QED) is 0.824. The van der Waals surface area contributed by atoms with Crippen LogP contribution in [0, 0.1) is 5.92 Å². The van der Waals surface area contributed by atoms with Gasteiger partial charge in [-0.3, -0.25) is 0 Å². The summed E-state index contributed by atoms with van der Waals surface area (Å²) in [6, 6.07) is 2.61. The monoisotopic (exact) mass is 276 g/mol. The molecule has 2 atom stereocenters. The lowest BCUT2D eigenvalue weighted by Gasteiger charge is -2.19. The molecule has 4 nitrogen and oxygen atoms in total. The zero-order chi connectivity index (χ0) is 14.5. The molecule has 0 aromatic carbocycles. The fraction of sp³-hybridized carbons (Fsp3) is 0.750. The van der Waals surface area contributed by atoms with Gasteiger partial charge in [-0.1, -0.05) is 34.1 Å². The molecule has 1 aliphatic carbocycles. The summed E-state index contributed by atoms with van der Waals surface area (Å²) in [7, 11) is 0. The fourth-order valence-corrected chi connectivity index (χ4v) is 2.69. The molecule has 4 heteroatoms. The Kier molecular flexibility index (Phi) is 5.21. The third kappa shape index (κ3) is 3.84. The van der Waals surface area contributed by atoms with Crippen molar-refractivity contribution in [2.45, 2.75) is 65.3 Å². The average Bonchev–Trinajstić information content (AvgIpc) is 2.81. The van der Waals surface area contributed by atoms with E-state index < -0.39 is 0 Å². The summed E-state index contributed by atoms with van der Waals surface area (Å²) in [5, 5.41) is 6.99. The first-order chi connectivity index (χ1) is 9.60. The fourth-order valence-electron chi connectivity index (χ4n) is 2.69. The molecule has 2 rings (SSSR count). The van der Waals surface area contributed by atoms with Crippen LogP contribution >= 0.6 is 0 Å². The molecule has 0 saturated heterocycles. The van der Waals surface area contributed by atoms with Crippen molar-refractivity contribution in [3.63, 3.8) is 0 Å². The summed E-state index contributed by atoms with van der Waals surface area (Å²) in [5.74, 6) is 3.92. The molecular weight excluding hydrogens is 248 g/mol. The number of hydrogen-bond donors (Lipinski definition) is 2. The lowest BCUT2D eigenvalue weighted by atomic mass is 10.1. The molecule has 112 valence electrons. The minimum atomic E-state index is 0.347. The van der Waals surface area contributed by atoms with E-state index in [1.54, 1.807) is 0 Å². The summed E-state index contributed by atoms with van der Waals surface area (Å²) < 4.78 is 0. The van der Waals surface area contributed by atoms with E-state index in [0.29, 0.717) is 12.0 Å². The van der Waals surface area contributed by atoms with Crippen molar-refractivity contribution in [3.8, 4) is 0 Å². The highest BCUT2D eigenvalue weighted by molar-refractivity contribution is 5.48. The number of hydrogen-bond acceptors (Lipinski definition) is 4. The van der Waals surface area contributed by atoms with Crippen LogP contribution in [0.15, 0.2) is 6.07 Å². The second kappa shape index (κ2) is 6.91. The summed E-state index contributed by atoms with van der Waals surface area (Å²) >= 11 is 0. The van der Waals surface area contributed by atoms with Crippen LogP contribution in [0.3, 0.4) is 0 Å². The van der Waals surface area contributed by atoms with Crippen molar-refractivity contribution in [2.24, 2.45) is 5.92 Å². The van der Waals surface area contributed by atoms with Crippen molar-refractivity contribution in [1.29, 1.82) is 0 Å². The van der Waals surface area contributed by atoms with E-state index >= 15 is 0 Å². The molecule has 1 aromatic heterocycles. The number of aromatic nitrogens is 2. The van der Waals surface area contributed by atoms with Crippen LogP contribution in [0.5, 0.6) is 0 Å². The van der Waals surface area contributed by atoms with Gasteiger partial charge in [0.25, 0.3) is 0 Å². The van der Waals surface area contributed by atoms with Crippen LogP contribution in [0.25, 0.3) is 0 Å². The largest absolute Gasteiger partial charge is 0.370 e. The topological polar surface area (TPSA) is 49.8 Å². The van der Waals surface area contributed by atoms with Gasteiger partial charge in [-0.05, 0) is 25.2 Å². The number of anilines is 2. The second-order valence-corrected chi connectivity index (χ2v) is 6.24. The smallest absolute Gasteiger partial charge is 0.135 e. The number of nitrogens with zero attached hydrogens (tertiary/aromatic N) is 2. The van der Waals surface area contributed by atoms with Gasteiger partial charge in [0.05, 0.1) is 0 Å². The normalized spacial score (nSPS) is 22.2. The molecule has 1 saturated carbocycles. The summed E-state index contributed by atoms with van der Waals surface area (Å²) in [4.78, 5) is 9.28. The molecule has 1 heterocycles. The molecule has 0 radical (unpaired) electrons. The van der Waals surface area contributed by atoms with Gasteiger partial charge in [0, 0.05) is 24.6 Å².